The van der Waals surface area contributed by atoms with Gasteiger partial charge in [-0.3, -0.25) is 0 Å². The van der Waals surface area contributed by atoms with Crippen molar-refractivity contribution >= 4 is 9.84 Å². The Bertz CT molecular complexity index is 451. The Balaban J connectivity index is 2.81. The van der Waals surface area contributed by atoms with E-state index in [1.165, 1.54) is 18.4 Å². The first-order valence-corrected chi connectivity index (χ1v) is 6.99. The van der Waals surface area contributed by atoms with Crippen molar-refractivity contribution in [2.45, 2.75) is 18.9 Å². The second-order valence-corrected chi connectivity index (χ2v) is 6.56. The summed E-state index contributed by atoms with van der Waals surface area (Å²) in [5.74, 6) is -0.306. The first kappa shape index (κ1) is 13.1. The molecule has 0 aliphatic carbocycles. The molecule has 1 rings (SSSR count). The molecule has 3 nitrogen and oxygen atoms in total. The first-order chi connectivity index (χ1) is 7.21. The minimum atomic E-state index is -3.03. The van der Waals surface area contributed by atoms with Gasteiger partial charge in [-0.15, -0.1) is 0 Å². The monoisotopic (exact) mass is 245 g/mol. The third-order valence-corrected chi connectivity index (χ3v) is 3.44. The summed E-state index contributed by atoms with van der Waals surface area (Å²) in [6, 6.07) is 5.80. The van der Waals surface area contributed by atoms with Crippen molar-refractivity contribution in [3.8, 4) is 0 Å². The SMILES string of the molecule is CC(N)(CCS(C)(=O)=O)c1ccc(F)cc1. The van der Waals surface area contributed by atoms with E-state index in [1.54, 1.807) is 19.1 Å². The number of nitrogens with two attached hydrogens (primary N) is 1. The van der Waals surface area contributed by atoms with E-state index < -0.39 is 15.4 Å². The van der Waals surface area contributed by atoms with E-state index in [4.69, 9.17) is 5.73 Å². The van der Waals surface area contributed by atoms with Crippen LogP contribution in [0.4, 0.5) is 4.39 Å². The van der Waals surface area contributed by atoms with Crippen LogP contribution in [0.5, 0.6) is 0 Å². The largest absolute Gasteiger partial charge is 0.322 e. The van der Waals surface area contributed by atoms with Crippen LogP contribution in [0.2, 0.25) is 0 Å². The molecule has 0 aromatic heterocycles. The van der Waals surface area contributed by atoms with Crippen LogP contribution in [-0.2, 0) is 15.4 Å². The maximum atomic E-state index is 12.7. The molecule has 0 bridgehead atoms. The average molecular weight is 245 g/mol. The molecule has 1 unspecified atom stereocenters. The predicted octanol–water partition coefficient (Wildman–Crippen LogP) is 1.43. The van der Waals surface area contributed by atoms with E-state index in [9.17, 15) is 12.8 Å². The van der Waals surface area contributed by atoms with Gasteiger partial charge in [-0.25, -0.2) is 12.8 Å². The summed E-state index contributed by atoms with van der Waals surface area (Å²) < 4.78 is 34.8. The van der Waals surface area contributed by atoms with Crippen molar-refractivity contribution in [3.63, 3.8) is 0 Å². The Kier molecular flexibility index (Phi) is 3.70. The van der Waals surface area contributed by atoms with Crippen molar-refractivity contribution in [1.29, 1.82) is 0 Å². The van der Waals surface area contributed by atoms with Crippen LogP contribution in [0.25, 0.3) is 0 Å². The number of hydrogen-bond donors (Lipinski definition) is 1. The molecule has 0 heterocycles. The Hall–Kier alpha value is -0.940. The predicted molar refractivity (Wildman–Crippen MR) is 62.3 cm³/mol. The third kappa shape index (κ3) is 3.90. The molecule has 0 amide bonds. The minimum Gasteiger partial charge on any atom is -0.322 e. The van der Waals surface area contributed by atoms with Crippen LogP contribution >= 0.6 is 0 Å². The van der Waals surface area contributed by atoms with Crippen LogP contribution in [0, 0.1) is 5.82 Å². The molecular weight excluding hydrogens is 229 g/mol. The quantitative estimate of drug-likeness (QED) is 0.873. The zero-order valence-electron chi connectivity index (χ0n) is 9.40. The standard InChI is InChI=1S/C11H16FNO2S/c1-11(13,7-8-16(2,14)15)9-3-5-10(12)6-4-9/h3-6H,7-8,13H2,1-2H3. The highest BCUT2D eigenvalue weighted by molar-refractivity contribution is 7.90. The van der Waals surface area contributed by atoms with Crippen molar-refractivity contribution in [2.75, 3.05) is 12.0 Å². The highest BCUT2D eigenvalue weighted by atomic mass is 32.2. The Morgan fingerprint density at radius 2 is 1.81 bits per heavy atom. The Morgan fingerprint density at radius 3 is 2.25 bits per heavy atom. The normalized spacial score (nSPS) is 15.8. The number of halogens is 1. The zero-order valence-corrected chi connectivity index (χ0v) is 10.2. The van der Waals surface area contributed by atoms with Crippen LogP contribution in [-0.4, -0.2) is 20.4 Å². The molecule has 0 aliphatic heterocycles. The molecule has 0 saturated carbocycles. The molecular formula is C11H16FNO2S. The first-order valence-electron chi connectivity index (χ1n) is 4.93. The molecule has 5 heteroatoms. The average Bonchev–Trinajstić information content (AvgIpc) is 2.15. The van der Waals surface area contributed by atoms with E-state index in [2.05, 4.69) is 0 Å². The second-order valence-electron chi connectivity index (χ2n) is 4.30. The fourth-order valence-corrected chi connectivity index (χ4v) is 2.17. The van der Waals surface area contributed by atoms with E-state index >= 15 is 0 Å². The lowest BCUT2D eigenvalue weighted by Gasteiger charge is -2.24. The lowest BCUT2D eigenvalue weighted by Crippen LogP contribution is -2.35. The van der Waals surface area contributed by atoms with Gasteiger partial charge in [0.15, 0.2) is 0 Å². The lowest BCUT2D eigenvalue weighted by molar-refractivity contribution is 0.472. The molecule has 1 aromatic carbocycles. The smallest absolute Gasteiger partial charge is 0.147 e. The van der Waals surface area contributed by atoms with Gasteiger partial charge >= 0.3 is 0 Å². The fourth-order valence-electron chi connectivity index (χ4n) is 1.37. The van der Waals surface area contributed by atoms with Crippen LogP contribution in [0.15, 0.2) is 24.3 Å². The molecule has 0 aliphatic rings. The van der Waals surface area contributed by atoms with Crippen LogP contribution in [0.1, 0.15) is 18.9 Å². The van der Waals surface area contributed by atoms with Gasteiger partial charge in [-0.1, -0.05) is 12.1 Å². The van der Waals surface area contributed by atoms with E-state index in [1.807, 2.05) is 0 Å². The number of sulfone groups is 1. The molecule has 0 radical (unpaired) electrons. The molecule has 16 heavy (non-hydrogen) atoms. The van der Waals surface area contributed by atoms with E-state index in [-0.39, 0.29) is 11.6 Å². The van der Waals surface area contributed by atoms with Gasteiger partial charge in [0.1, 0.15) is 15.7 Å². The number of rotatable bonds is 4. The maximum Gasteiger partial charge on any atom is 0.147 e. The van der Waals surface area contributed by atoms with Gasteiger partial charge in [0.05, 0.1) is 5.75 Å². The molecule has 2 N–H and O–H groups in total. The fraction of sp³-hybridized carbons (Fsp3) is 0.455. The molecule has 1 atom stereocenters. The molecule has 0 spiro atoms. The molecule has 1 aromatic rings. The summed E-state index contributed by atoms with van der Waals surface area (Å²) in [6.07, 6.45) is 1.49. The molecule has 0 fully saturated rings. The number of benzene rings is 1. The van der Waals surface area contributed by atoms with Gasteiger partial charge in [0.2, 0.25) is 0 Å². The van der Waals surface area contributed by atoms with Gasteiger partial charge < -0.3 is 5.73 Å². The Morgan fingerprint density at radius 1 is 1.31 bits per heavy atom. The van der Waals surface area contributed by atoms with Gasteiger partial charge in [-0.05, 0) is 31.0 Å². The highest BCUT2D eigenvalue weighted by Crippen LogP contribution is 2.22. The summed E-state index contributed by atoms with van der Waals surface area (Å²) in [6.45, 7) is 1.74. The highest BCUT2D eigenvalue weighted by Gasteiger charge is 2.22. The zero-order chi connectivity index (χ0) is 12.4. The van der Waals surface area contributed by atoms with Crippen molar-refractivity contribution in [1.82, 2.24) is 0 Å². The number of hydrogen-bond acceptors (Lipinski definition) is 3. The van der Waals surface area contributed by atoms with Gasteiger partial charge in [0, 0.05) is 11.8 Å². The third-order valence-electron chi connectivity index (χ3n) is 2.50. The summed E-state index contributed by atoms with van der Waals surface area (Å²) in [7, 11) is -3.03. The minimum absolute atomic E-state index is 0.0252. The topological polar surface area (TPSA) is 60.2 Å². The van der Waals surface area contributed by atoms with Gasteiger partial charge in [0.25, 0.3) is 0 Å². The van der Waals surface area contributed by atoms with Crippen molar-refractivity contribution in [3.05, 3.63) is 35.6 Å². The molecule has 90 valence electrons. The summed E-state index contributed by atoms with van der Waals surface area (Å²) >= 11 is 0. The molecule has 0 saturated heterocycles. The maximum absolute atomic E-state index is 12.7. The van der Waals surface area contributed by atoms with Gasteiger partial charge in [-0.2, -0.15) is 0 Å². The van der Waals surface area contributed by atoms with E-state index in [0.717, 1.165) is 5.56 Å². The second kappa shape index (κ2) is 4.51. The van der Waals surface area contributed by atoms with E-state index in [0.29, 0.717) is 6.42 Å². The summed E-state index contributed by atoms with van der Waals surface area (Å²) in [4.78, 5) is 0. The van der Waals surface area contributed by atoms with Crippen molar-refractivity contribution in [2.24, 2.45) is 5.73 Å². The Labute approximate surface area is 95.4 Å². The van der Waals surface area contributed by atoms with Crippen molar-refractivity contribution < 1.29 is 12.8 Å². The summed E-state index contributed by atoms with van der Waals surface area (Å²) in [5.41, 5.74) is 5.99. The summed E-state index contributed by atoms with van der Waals surface area (Å²) in [5, 5.41) is 0. The van der Waals surface area contributed by atoms with Crippen LogP contribution in [0.3, 0.4) is 0 Å². The lowest BCUT2D eigenvalue weighted by atomic mass is 9.91. The van der Waals surface area contributed by atoms with Crippen LogP contribution < -0.4 is 5.73 Å².